The summed E-state index contributed by atoms with van der Waals surface area (Å²) in [6, 6.07) is 6.28. The van der Waals surface area contributed by atoms with Gasteiger partial charge >= 0.3 is 0 Å². The number of nitro benzene ring substituents is 1. The maximum absolute atomic E-state index is 10.1. The maximum Gasteiger partial charge on any atom is 0.270 e. The van der Waals surface area contributed by atoms with Crippen LogP contribution in [0.2, 0.25) is 0 Å². The Morgan fingerprint density at radius 1 is 1.45 bits per heavy atom. The van der Waals surface area contributed by atoms with Gasteiger partial charge in [-0.15, -0.1) is 17.0 Å². The molecule has 0 heterocycles. The van der Waals surface area contributed by atoms with Gasteiger partial charge in [0.25, 0.3) is 5.69 Å². The van der Waals surface area contributed by atoms with Gasteiger partial charge < -0.3 is 0 Å². The normalized spacial score (nSPS) is 8.45. The molecule has 0 aliphatic rings. The van der Waals surface area contributed by atoms with Crippen LogP contribution in [0.5, 0.6) is 0 Å². The summed E-state index contributed by atoms with van der Waals surface area (Å²) in [6.07, 6.45) is 0. The summed E-state index contributed by atoms with van der Waals surface area (Å²) in [5, 5.41) is 10.1. The summed E-state index contributed by atoms with van der Waals surface area (Å²) in [5.74, 6) is 0. The van der Waals surface area contributed by atoms with Crippen LogP contribution >= 0.6 is 32.9 Å². The van der Waals surface area contributed by atoms with Crippen molar-refractivity contribution >= 4 is 38.6 Å². The molecule has 1 aromatic rings. The number of halogens is 2. The van der Waals surface area contributed by atoms with Gasteiger partial charge in [0.05, 0.1) is 4.92 Å². The zero-order valence-corrected chi connectivity index (χ0v) is 8.66. The van der Waals surface area contributed by atoms with Crippen molar-refractivity contribution in [3.8, 4) is 0 Å². The van der Waals surface area contributed by atoms with Crippen molar-refractivity contribution < 1.29 is 4.92 Å². The van der Waals surface area contributed by atoms with Crippen molar-refractivity contribution in [2.24, 2.45) is 0 Å². The van der Waals surface area contributed by atoms with E-state index in [0.29, 0.717) is 0 Å². The zero-order valence-electron chi connectivity index (χ0n) is 5.36. The molecule has 0 amide bonds. The summed E-state index contributed by atoms with van der Waals surface area (Å²) >= 11 is 3.13. The molecule has 0 fully saturated rings. The Kier molecular flexibility index (Phi) is 4.29. The molecule has 5 heteroatoms. The van der Waals surface area contributed by atoms with Gasteiger partial charge in [-0.1, -0.05) is 22.0 Å². The third-order valence-electron chi connectivity index (χ3n) is 1.02. The molecule has 1 rings (SSSR count). The Bertz CT molecular complexity index is 265. The highest BCUT2D eigenvalue weighted by molar-refractivity contribution is 9.10. The monoisotopic (exact) mass is 281 g/mol. The Morgan fingerprint density at radius 2 is 2.09 bits per heavy atom. The molecule has 0 unspecified atom stereocenters. The molecular formula is C6H5Br2NO2. The summed E-state index contributed by atoms with van der Waals surface area (Å²) < 4.78 is 0.724. The smallest absolute Gasteiger partial charge is 0.258 e. The molecule has 0 radical (unpaired) electrons. The fourth-order valence-electron chi connectivity index (χ4n) is 0.590. The van der Waals surface area contributed by atoms with E-state index in [0.717, 1.165) is 4.47 Å². The molecule has 0 saturated heterocycles. The third kappa shape index (κ3) is 2.98. The zero-order chi connectivity index (χ0) is 7.56. The van der Waals surface area contributed by atoms with Crippen LogP contribution in [0, 0.1) is 10.1 Å². The first kappa shape index (κ1) is 10.6. The molecule has 11 heavy (non-hydrogen) atoms. The van der Waals surface area contributed by atoms with E-state index in [1.165, 1.54) is 12.1 Å². The van der Waals surface area contributed by atoms with Gasteiger partial charge in [-0.05, 0) is 6.07 Å². The lowest BCUT2D eigenvalue weighted by Gasteiger charge is -1.89. The predicted molar refractivity (Wildman–Crippen MR) is 51.1 cm³/mol. The van der Waals surface area contributed by atoms with Crippen LogP contribution in [0.3, 0.4) is 0 Å². The molecule has 0 saturated carbocycles. The van der Waals surface area contributed by atoms with E-state index in [9.17, 15) is 10.1 Å². The van der Waals surface area contributed by atoms with Crippen molar-refractivity contribution in [1.82, 2.24) is 0 Å². The Balaban J connectivity index is 0.000001000. The second-order valence-electron chi connectivity index (χ2n) is 1.74. The molecule has 3 nitrogen and oxygen atoms in total. The topological polar surface area (TPSA) is 43.1 Å². The van der Waals surface area contributed by atoms with Crippen LogP contribution in [0.15, 0.2) is 28.7 Å². The van der Waals surface area contributed by atoms with Crippen LogP contribution in [0.25, 0.3) is 0 Å². The maximum atomic E-state index is 10.1. The highest BCUT2D eigenvalue weighted by Crippen LogP contribution is 2.16. The minimum Gasteiger partial charge on any atom is -0.258 e. The van der Waals surface area contributed by atoms with Gasteiger partial charge in [0.15, 0.2) is 0 Å². The molecule has 0 spiro atoms. The van der Waals surface area contributed by atoms with E-state index in [-0.39, 0.29) is 22.7 Å². The van der Waals surface area contributed by atoms with Crippen molar-refractivity contribution in [2.75, 3.05) is 0 Å². The van der Waals surface area contributed by atoms with Crippen molar-refractivity contribution in [2.45, 2.75) is 0 Å². The quantitative estimate of drug-likeness (QED) is 0.587. The highest BCUT2D eigenvalue weighted by atomic mass is 79.9. The Morgan fingerprint density at radius 3 is 2.45 bits per heavy atom. The number of non-ortho nitro benzene ring substituents is 1. The van der Waals surface area contributed by atoms with Crippen LogP contribution in [0.4, 0.5) is 5.69 Å². The summed E-state index contributed by atoms with van der Waals surface area (Å²) in [7, 11) is 0. The molecule has 0 aliphatic heterocycles. The Hall–Kier alpha value is -0.420. The summed E-state index contributed by atoms with van der Waals surface area (Å²) in [5.41, 5.74) is 0.106. The average Bonchev–Trinajstić information content (AvgIpc) is 1.88. The van der Waals surface area contributed by atoms with Gasteiger partial charge in [0.1, 0.15) is 0 Å². The largest absolute Gasteiger partial charge is 0.270 e. The number of hydrogen-bond donors (Lipinski definition) is 0. The fraction of sp³-hybridized carbons (Fsp3) is 0. The van der Waals surface area contributed by atoms with Crippen LogP contribution in [-0.2, 0) is 0 Å². The van der Waals surface area contributed by atoms with Crippen LogP contribution < -0.4 is 0 Å². The average molecular weight is 283 g/mol. The van der Waals surface area contributed by atoms with E-state index < -0.39 is 4.92 Å². The van der Waals surface area contributed by atoms with Crippen molar-refractivity contribution in [3.63, 3.8) is 0 Å². The van der Waals surface area contributed by atoms with Crippen LogP contribution in [-0.4, -0.2) is 4.92 Å². The van der Waals surface area contributed by atoms with Gasteiger partial charge in [-0.3, -0.25) is 10.1 Å². The van der Waals surface area contributed by atoms with E-state index in [1.807, 2.05) is 0 Å². The predicted octanol–water partition coefficient (Wildman–Crippen LogP) is 2.94. The molecule has 0 bridgehead atoms. The highest BCUT2D eigenvalue weighted by Gasteiger charge is 2.02. The molecule has 0 atom stereocenters. The number of benzene rings is 1. The van der Waals surface area contributed by atoms with Crippen molar-refractivity contribution in [1.29, 1.82) is 0 Å². The minimum atomic E-state index is -0.426. The molecule has 60 valence electrons. The molecular weight excluding hydrogens is 278 g/mol. The number of nitro groups is 1. The van der Waals surface area contributed by atoms with Crippen molar-refractivity contribution in [3.05, 3.63) is 38.9 Å². The summed E-state index contributed by atoms with van der Waals surface area (Å²) in [6.45, 7) is 0. The van der Waals surface area contributed by atoms with Crippen LogP contribution in [0.1, 0.15) is 0 Å². The first-order valence-electron chi connectivity index (χ1n) is 2.60. The molecule has 1 aromatic carbocycles. The van der Waals surface area contributed by atoms with E-state index in [4.69, 9.17) is 0 Å². The standard InChI is InChI=1S/C6H4BrNO2.BrH/c7-5-2-1-3-6(4-5)8(9)10;/h1-4H;1H. The van der Waals surface area contributed by atoms with Gasteiger partial charge in [0.2, 0.25) is 0 Å². The number of rotatable bonds is 1. The first-order valence-corrected chi connectivity index (χ1v) is 3.39. The summed E-state index contributed by atoms with van der Waals surface area (Å²) in [4.78, 5) is 9.71. The molecule has 0 aromatic heterocycles. The van der Waals surface area contributed by atoms with E-state index in [2.05, 4.69) is 15.9 Å². The number of hydrogen-bond acceptors (Lipinski definition) is 2. The van der Waals surface area contributed by atoms with Gasteiger partial charge in [0, 0.05) is 16.6 Å². The molecule has 0 N–H and O–H groups in total. The second-order valence-corrected chi connectivity index (χ2v) is 2.65. The lowest BCUT2D eigenvalue weighted by Crippen LogP contribution is -1.85. The molecule has 0 aliphatic carbocycles. The Labute approximate surface area is 82.5 Å². The lowest BCUT2D eigenvalue weighted by molar-refractivity contribution is -0.384. The second kappa shape index (κ2) is 4.46. The lowest BCUT2D eigenvalue weighted by atomic mass is 10.3. The third-order valence-corrected chi connectivity index (χ3v) is 1.51. The van der Waals surface area contributed by atoms with Gasteiger partial charge in [-0.25, -0.2) is 0 Å². The first-order chi connectivity index (χ1) is 4.70. The number of nitrogens with zero attached hydrogens (tertiary/aromatic N) is 1. The van der Waals surface area contributed by atoms with Gasteiger partial charge in [-0.2, -0.15) is 0 Å². The van der Waals surface area contributed by atoms with E-state index >= 15 is 0 Å². The SMILES string of the molecule is Br.O=[N+]([O-])c1cccc(Br)c1. The minimum absolute atomic E-state index is 0. The van der Waals surface area contributed by atoms with E-state index in [1.54, 1.807) is 12.1 Å². The fourth-order valence-corrected chi connectivity index (χ4v) is 0.977.